The first-order chi connectivity index (χ1) is 9.62. The predicted octanol–water partition coefficient (Wildman–Crippen LogP) is 4.04. The maximum atomic E-state index is 10.1. The van der Waals surface area contributed by atoms with Gasteiger partial charge in [0, 0.05) is 18.2 Å². The van der Waals surface area contributed by atoms with Crippen molar-refractivity contribution in [3.63, 3.8) is 0 Å². The molecule has 3 heteroatoms. The van der Waals surface area contributed by atoms with Crippen LogP contribution in [-0.4, -0.2) is 12.2 Å². The third-order valence-corrected chi connectivity index (χ3v) is 3.19. The summed E-state index contributed by atoms with van der Waals surface area (Å²) in [5.41, 5.74) is 8.25. The van der Waals surface area contributed by atoms with Gasteiger partial charge in [-0.2, -0.15) is 0 Å². The minimum atomic E-state index is 0.238. The average Bonchev–Trinajstić information content (AvgIpc) is 2.48. The van der Waals surface area contributed by atoms with Gasteiger partial charge in [-0.15, -0.1) is 0 Å². The van der Waals surface area contributed by atoms with Crippen molar-refractivity contribution in [2.75, 3.05) is 7.11 Å². The minimum Gasteiger partial charge on any atom is -0.508 e. The maximum Gasteiger partial charge on any atom is 0.117 e. The summed E-state index contributed by atoms with van der Waals surface area (Å²) >= 11 is 0. The SMILES string of the molecule is C=CC(=C\C=C/C)/C(N)=C/C(O)=C1\CC=C(OC)CC1. The Morgan fingerprint density at radius 2 is 2.20 bits per heavy atom. The lowest BCUT2D eigenvalue weighted by molar-refractivity contribution is 0.271. The van der Waals surface area contributed by atoms with Crippen LogP contribution in [0.25, 0.3) is 0 Å². The van der Waals surface area contributed by atoms with Crippen molar-refractivity contribution in [1.29, 1.82) is 0 Å². The number of allylic oxidation sites excluding steroid dienone is 8. The van der Waals surface area contributed by atoms with Crippen LogP contribution in [-0.2, 0) is 4.74 Å². The van der Waals surface area contributed by atoms with Gasteiger partial charge >= 0.3 is 0 Å². The number of nitrogens with two attached hydrogens (primary N) is 1. The zero-order valence-corrected chi connectivity index (χ0v) is 12.2. The number of rotatable bonds is 5. The fraction of sp³-hybridized carbons (Fsp3) is 0.294. The van der Waals surface area contributed by atoms with Crippen molar-refractivity contribution in [3.05, 3.63) is 71.4 Å². The molecule has 0 spiro atoms. The molecule has 0 heterocycles. The smallest absolute Gasteiger partial charge is 0.117 e. The van der Waals surface area contributed by atoms with Gasteiger partial charge in [-0.05, 0) is 37.0 Å². The lowest BCUT2D eigenvalue weighted by Crippen LogP contribution is -2.03. The van der Waals surface area contributed by atoms with Crippen LogP contribution in [0.4, 0.5) is 0 Å². The molecule has 0 aliphatic heterocycles. The molecule has 1 aliphatic carbocycles. The summed E-state index contributed by atoms with van der Waals surface area (Å²) in [6, 6.07) is 0. The fourth-order valence-electron chi connectivity index (χ4n) is 1.95. The van der Waals surface area contributed by atoms with Gasteiger partial charge < -0.3 is 15.6 Å². The number of ether oxygens (including phenoxy) is 1. The summed E-state index contributed by atoms with van der Waals surface area (Å²) in [6.45, 7) is 5.66. The summed E-state index contributed by atoms with van der Waals surface area (Å²) in [6.07, 6.45) is 13.2. The van der Waals surface area contributed by atoms with E-state index in [0.29, 0.717) is 12.1 Å². The van der Waals surface area contributed by atoms with Crippen LogP contribution in [0.5, 0.6) is 0 Å². The number of hydrogen-bond acceptors (Lipinski definition) is 3. The van der Waals surface area contributed by atoms with E-state index in [2.05, 4.69) is 6.58 Å². The molecule has 1 rings (SSSR count). The van der Waals surface area contributed by atoms with E-state index in [1.54, 1.807) is 19.3 Å². The molecule has 0 saturated heterocycles. The summed E-state index contributed by atoms with van der Waals surface area (Å²) < 4.78 is 5.19. The van der Waals surface area contributed by atoms with Gasteiger partial charge in [0.05, 0.1) is 12.9 Å². The van der Waals surface area contributed by atoms with E-state index in [-0.39, 0.29) is 5.76 Å². The van der Waals surface area contributed by atoms with Crippen LogP contribution in [0.3, 0.4) is 0 Å². The minimum absolute atomic E-state index is 0.238. The number of aliphatic hydroxyl groups is 1. The standard InChI is InChI=1S/C17H23NO2/c1-4-6-7-13(5-2)16(18)12-17(19)14-8-10-15(20-3)11-9-14/h4-7,10,12,19H,2,8-9,11,18H2,1,3H3/b6-4-,13-7+,16-12-,17-14-. The molecule has 0 radical (unpaired) electrons. The Labute approximate surface area is 121 Å². The predicted molar refractivity (Wildman–Crippen MR) is 84.0 cm³/mol. The zero-order valence-electron chi connectivity index (χ0n) is 12.2. The van der Waals surface area contributed by atoms with Crippen molar-refractivity contribution in [1.82, 2.24) is 0 Å². The molecule has 3 N–H and O–H groups in total. The quantitative estimate of drug-likeness (QED) is 0.587. The zero-order chi connectivity index (χ0) is 15.0. The second-order valence-corrected chi connectivity index (χ2v) is 4.52. The lowest BCUT2D eigenvalue weighted by atomic mass is 9.97. The van der Waals surface area contributed by atoms with E-state index in [1.807, 2.05) is 31.2 Å². The van der Waals surface area contributed by atoms with Crippen molar-refractivity contribution in [2.45, 2.75) is 26.2 Å². The van der Waals surface area contributed by atoms with Crippen LogP contribution >= 0.6 is 0 Å². The van der Waals surface area contributed by atoms with Crippen molar-refractivity contribution in [2.24, 2.45) is 5.73 Å². The van der Waals surface area contributed by atoms with Gasteiger partial charge in [-0.3, -0.25) is 0 Å². The average molecular weight is 273 g/mol. The van der Waals surface area contributed by atoms with Gasteiger partial charge in [0.25, 0.3) is 0 Å². The van der Waals surface area contributed by atoms with Crippen molar-refractivity contribution < 1.29 is 9.84 Å². The molecular formula is C17H23NO2. The molecule has 3 nitrogen and oxygen atoms in total. The summed E-state index contributed by atoms with van der Waals surface area (Å²) in [5.74, 6) is 1.21. The van der Waals surface area contributed by atoms with Gasteiger partial charge in [-0.1, -0.05) is 30.9 Å². The Morgan fingerprint density at radius 3 is 2.70 bits per heavy atom. The molecular weight excluding hydrogens is 250 g/mol. The number of methoxy groups -OCH3 is 1. The summed E-state index contributed by atoms with van der Waals surface area (Å²) in [5, 5.41) is 10.1. The van der Waals surface area contributed by atoms with Crippen molar-refractivity contribution >= 4 is 0 Å². The molecule has 0 aromatic rings. The molecule has 0 fully saturated rings. The van der Waals surface area contributed by atoms with Gasteiger partial charge in [-0.25, -0.2) is 0 Å². The first-order valence-corrected chi connectivity index (χ1v) is 6.69. The van der Waals surface area contributed by atoms with Gasteiger partial charge in [0.15, 0.2) is 0 Å². The van der Waals surface area contributed by atoms with E-state index in [4.69, 9.17) is 10.5 Å². The highest BCUT2D eigenvalue weighted by molar-refractivity contribution is 5.42. The second-order valence-electron chi connectivity index (χ2n) is 4.52. The van der Waals surface area contributed by atoms with Gasteiger partial charge in [0.1, 0.15) is 5.76 Å². The van der Waals surface area contributed by atoms with E-state index in [9.17, 15) is 5.11 Å². The molecule has 0 aromatic carbocycles. The molecule has 0 aromatic heterocycles. The van der Waals surface area contributed by atoms with Crippen LogP contribution in [0, 0.1) is 0 Å². The Morgan fingerprint density at radius 1 is 1.45 bits per heavy atom. The van der Waals surface area contributed by atoms with Crippen LogP contribution in [0.2, 0.25) is 0 Å². The molecule has 0 atom stereocenters. The van der Waals surface area contributed by atoms with Gasteiger partial charge in [0.2, 0.25) is 0 Å². The Kier molecular flexibility index (Phi) is 6.44. The lowest BCUT2D eigenvalue weighted by Gasteiger charge is -2.15. The van der Waals surface area contributed by atoms with Crippen LogP contribution in [0.15, 0.2) is 71.4 Å². The highest BCUT2D eigenvalue weighted by Crippen LogP contribution is 2.26. The van der Waals surface area contributed by atoms with E-state index in [1.165, 1.54) is 0 Å². The molecule has 0 amide bonds. The first kappa shape index (κ1) is 15.9. The highest BCUT2D eigenvalue weighted by atomic mass is 16.5. The van der Waals surface area contributed by atoms with E-state index >= 15 is 0 Å². The third kappa shape index (κ3) is 4.50. The molecule has 1 aliphatic rings. The Hall–Kier alpha value is -2.16. The number of aliphatic hydroxyl groups excluding tert-OH is 1. The summed E-state index contributed by atoms with van der Waals surface area (Å²) in [7, 11) is 1.67. The molecule has 0 bridgehead atoms. The van der Waals surface area contributed by atoms with Crippen LogP contribution in [0.1, 0.15) is 26.2 Å². The molecule has 20 heavy (non-hydrogen) atoms. The van der Waals surface area contributed by atoms with Crippen molar-refractivity contribution in [3.8, 4) is 0 Å². The Bertz CT molecular complexity index is 505. The molecule has 108 valence electrons. The fourth-order valence-corrected chi connectivity index (χ4v) is 1.95. The maximum absolute atomic E-state index is 10.1. The molecule has 0 unspecified atom stereocenters. The number of hydrogen-bond donors (Lipinski definition) is 2. The molecule has 0 saturated carbocycles. The third-order valence-electron chi connectivity index (χ3n) is 3.19. The topological polar surface area (TPSA) is 55.5 Å². The summed E-state index contributed by atoms with van der Waals surface area (Å²) in [4.78, 5) is 0. The normalized spacial score (nSPS) is 19.8. The van der Waals surface area contributed by atoms with Crippen LogP contribution < -0.4 is 5.73 Å². The monoisotopic (exact) mass is 273 g/mol. The van der Waals surface area contributed by atoms with E-state index < -0.39 is 0 Å². The first-order valence-electron chi connectivity index (χ1n) is 6.69. The largest absolute Gasteiger partial charge is 0.508 e. The Balaban J connectivity index is 2.92. The highest BCUT2D eigenvalue weighted by Gasteiger charge is 2.11. The second kappa shape index (κ2) is 8.10. The van der Waals surface area contributed by atoms with E-state index in [0.717, 1.165) is 29.7 Å².